The molecule has 138 valence electrons. The fraction of sp³-hybridized carbons (Fsp3) is 0.429. The highest BCUT2D eigenvalue weighted by Crippen LogP contribution is 2.19. The summed E-state index contributed by atoms with van der Waals surface area (Å²) in [6.07, 6.45) is 6.76. The minimum Gasteiger partial charge on any atom is -0.497 e. The Morgan fingerprint density at radius 3 is 2.65 bits per heavy atom. The van der Waals surface area contributed by atoms with E-state index in [0.29, 0.717) is 25.6 Å². The topological polar surface area (TPSA) is 60.5 Å². The first-order chi connectivity index (χ1) is 12.7. The molecule has 0 saturated carbocycles. The van der Waals surface area contributed by atoms with E-state index >= 15 is 0 Å². The summed E-state index contributed by atoms with van der Waals surface area (Å²) in [6.45, 7) is 1.29. The lowest BCUT2D eigenvalue weighted by molar-refractivity contribution is -0.122. The van der Waals surface area contributed by atoms with E-state index in [1.165, 1.54) is 11.1 Å². The van der Waals surface area contributed by atoms with Gasteiger partial charge in [-0.05, 0) is 54.7 Å². The Morgan fingerprint density at radius 1 is 1.15 bits per heavy atom. The second kappa shape index (κ2) is 9.34. The second-order valence-electron chi connectivity index (χ2n) is 6.73. The smallest absolute Gasteiger partial charge is 0.220 e. The maximum atomic E-state index is 12.3. The molecule has 0 aliphatic carbocycles. The molecule has 2 atom stereocenters. The largest absolute Gasteiger partial charge is 0.497 e. The van der Waals surface area contributed by atoms with Gasteiger partial charge in [0, 0.05) is 24.7 Å². The number of benzene rings is 1. The first-order valence-corrected chi connectivity index (χ1v) is 9.13. The summed E-state index contributed by atoms with van der Waals surface area (Å²) in [5, 5.41) is 3.15. The summed E-state index contributed by atoms with van der Waals surface area (Å²) < 4.78 is 10.8. The Bertz CT molecular complexity index is 688. The second-order valence-corrected chi connectivity index (χ2v) is 6.73. The average molecular weight is 354 g/mol. The molecule has 1 amide bonds. The summed E-state index contributed by atoms with van der Waals surface area (Å²) in [5.41, 5.74) is 2.45. The van der Waals surface area contributed by atoms with Crippen LogP contribution in [0, 0.1) is 5.92 Å². The number of amides is 1. The van der Waals surface area contributed by atoms with E-state index in [-0.39, 0.29) is 11.9 Å². The van der Waals surface area contributed by atoms with Crippen LogP contribution in [-0.4, -0.2) is 37.3 Å². The number of carbonyl (C=O) groups excluding carboxylic acids is 1. The molecule has 1 saturated heterocycles. The third-order valence-electron chi connectivity index (χ3n) is 4.82. The molecule has 0 spiro atoms. The van der Waals surface area contributed by atoms with Gasteiger partial charge in [0.1, 0.15) is 5.75 Å². The highest BCUT2D eigenvalue weighted by molar-refractivity contribution is 5.76. The molecule has 26 heavy (non-hydrogen) atoms. The van der Waals surface area contributed by atoms with Gasteiger partial charge in [0.15, 0.2) is 0 Å². The molecule has 0 unspecified atom stereocenters. The van der Waals surface area contributed by atoms with Crippen LogP contribution >= 0.6 is 0 Å². The zero-order valence-corrected chi connectivity index (χ0v) is 15.2. The third kappa shape index (κ3) is 5.30. The number of carbonyl (C=O) groups is 1. The molecule has 1 fully saturated rings. The van der Waals surface area contributed by atoms with Crippen molar-refractivity contribution < 1.29 is 14.3 Å². The van der Waals surface area contributed by atoms with Gasteiger partial charge in [0.2, 0.25) is 5.91 Å². The minimum absolute atomic E-state index is 0.0941. The van der Waals surface area contributed by atoms with E-state index in [1.807, 2.05) is 36.4 Å². The Morgan fingerprint density at radius 2 is 1.92 bits per heavy atom. The lowest BCUT2D eigenvalue weighted by Crippen LogP contribution is -2.40. The molecule has 1 aromatic carbocycles. The Hall–Kier alpha value is -2.40. The highest BCUT2D eigenvalue weighted by Gasteiger charge is 2.29. The van der Waals surface area contributed by atoms with Gasteiger partial charge in [-0.15, -0.1) is 0 Å². The number of hydrogen-bond acceptors (Lipinski definition) is 4. The van der Waals surface area contributed by atoms with Gasteiger partial charge in [-0.2, -0.15) is 0 Å². The van der Waals surface area contributed by atoms with Crippen molar-refractivity contribution in [2.45, 2.75) is 31.7 Å². The van der Waals surface area contributed by atoms with Crippen molar-refractivity contribution in [1.82, 2.24) is 10.3 Å². The molecule has 3 rings (SSSR count). The van der Waals surface area contributed by atoms with E-state index in [1.54, 1.807) is 19.5 Å². The number of ether oxygens (including phenoxy) is 2. The molecular formula is C21H26N2O3. The molecule has 5 heteroatoms. The molecule has 1 aliphatic rings. The Balaban J connectivity index is 1.41. The summed E-state index contributed by atoms with van der Waals surface area (Å²) in [6, 6.07) is 12.1. The number of pyridine rings is 1. The van der Waals surface area contributed by atoms with Crippen LogP contribution in [-0.2, 0) is 22.4 Å². The van der Waals surface area contributed by atoms with Crippen LogP contribution in [0.3, 0.4) is 0 Å². The van der Waals surface area contributed by atoms with Gasteiger partial charge >= 0.3 is 0 Å². The van der Waals surface area contributed by atoms with Crippen molar-refractivity contribution in [2.24, 2.45) is 5.92 Å². The fourth-order valence-corrected chi connectivity index (χ4v) is 3.31. The standard InChI is InChI=1S/C21H26N2O3/c1-25-19-7-5-16(6-8-19)3-2-4-21(24)23-20-15-26-14-18(20)13-17-9-11-22-12-10-17/h5-12,18,20H,2-4,13-15H2,1H3,(H,23,24)/t18-,20+/m1/s1. The molecule has 0 radical (unpaired) electrons. The average Bonchev–Trinajstić information content (AvgIpc) is 3.09. The predicted octanol–water partition coefficient (Wildman–Crippen LogP) is 2.79. The number of nitrogens with zero attached hydrogens (tertiary/aromatic N) is 1. The van der Waals surface area contributed by atoms with E-state index in [4.69, 9.17) is 9.47 Å². The Labute approximate surface area is 154 Å². The van der Waals surface area contributed by atoms with Crippen molar-refractivity contribution in [1.29, 1.82) is 0 Å². The van der Waals surface area contributed by atoms with Gasteiger partial charge in [0.25, 0.3) is 0 Å². The molecule has 2 aromatic rings. The van der Waals surface area contributed by atoms with Crippen LogP contribution in [0.25, 0.3) is 0 Å². The van der Waals surface area contributed by atoms with Gasteiger partial charge in [-0.25, -0.2) is 0 Å². The number of rotatable bonds is 8. The monoisotopic (exact) mass is 354 g/mol. The summed E-state index contributed by atoms with van der Waals surface area (Å²) in [4.78, 5) is 16.3. The van der Waals surface area contributed by atoms with Crippen LogP contribution in [0.1, 0.15) is 24.0 Å². The first kappa shape index (κ1) is 18.4. The SMILES string of the molecule is COc1ccc(CCCC(=O)N[C@H]2COC[C@H]2Cc2ccncc2)cc1. The van der Waals surface area contributed by atoms with Gasteiger partial charge in [0.05, 0.1) is 26.4 Å². The number of methoxy groups -OCH3 is 1. The van der Waals surface area contributed by atoms with Crippen molar-refractivity contribution in [3.8, 4) is 5.75 Å². The summed E-state index contributed by atoms with van der Waals surface area (Å²) in [5.74, 6) is 1.28. The molecule has 5 nitrogen and oxygen atoms in total. The van der Waals surface area contributed by atoms with Gasteiger partial charge in [-0.1, -0.05) is 12.1 Å². The lowest BCUT2D eigenvalue weighted by atomic mass is 9.95. The van der Waals surface area contributed by atoms with Crippen LogP contribution in [0.4, 0.5) is 0 Å². The van der Waals surface area contributed by atoms with Crippen LogP contribution in [0.5, 0.6) is 5.75 Å². The maximum absolute atomic E-state index is 12.3. The van der Waals surface area contributed by atoms with Crippen molar-refractivity contribution in [3.05, 3.63) is 59.9 Å². The third-order valence-corrected chi connectivity index (χ3v) is 4.82. The van der Waals surface area contributed by atoms with E-state index in [0.717, 1.165) is 25.0 Å². The minimum atomic E-state index is 0.0941. The normalized spacial score (nSPS) is 19.3. The van der Waals surface area contributed by atoms with Crippen LogP contribution in [0.15, 0.2) is 48.8 Å². The van der Waals surface area contributed by atoms with Crippen molar-refractivity contribution in [2.75, 3.05) is 20.3 Å². The predicted molar refractivity (Wildman–Crippen MR) is 100 cm³/mol. The zero-order valence-electron chi connectivity index (χ0n) is 15.2. The van der Waals surface area contributed by atoms with Crippen LogP contribution in [0.2, 0.25) is 0 Å². The lowest BCUT2D eigenvalue weighted by Gasteiger charge is -2.19. The number of nitrogens with one attached hydrogen (secondary N) is 1. The number of aromatic nitrogens is 1. The van der Waals surface area contributed by atoms with E-state index < -0.39 is 0 Å². The van der Waals surface area contributed by atoms with Crippen molar-refractivity contribution in [3.63, 3.8) is 0 Å². The van der Waals surface area contributed by atoms with Crippen LogP contribution < -0.4 is 10.1 Å². The molecule has 1 N–H and O–H groups in total. The highest BCUT2D eigenvalue weighted by atomic mass is 16.5. The zero-order chi connectivity index (χ0) is 18.2. The van der Waals surface area contributed by atoms with E-state index in [2.05, 4.69) is 10.3 Å². The molecule has 2 heterocycles. The molecule has 0 bridgehead atoms. The first-order valence-electron chi connectivity index (χ1n) is 9.13. The maximum Gasteiger partial charge on any atom is 0.220 e. The summed E-state index contributed by atoms with van der Waals surface area (Å²) >= 11 is 0. The van der Waals surface area contributed by atoms with E-state index in [9.17, 15) is 4.79 Å². The van der Waals surface area contributed by atoms with Crippen molar-refractivity contribution >= 4 is 5.91 Å². The molecular weight excluding hydrogens is 328 g/mol. The fourth-order valence-electron chi connectivity index (χ4n) is 3.31. The Kier molecular flexibility index (Phi) is 6.61. The summed E-state index contributed by atoms with van der Waals surface area (Å²) in [7, 11) is 1.66. The van der Waals surface area contributed by atoms with Gasteiger partial charge in [-0.3, -0.25) is 9.78 Å². The quantitative estimate of drug-likeness (QED) is 0.792. The molecule has 1 aliphatic heterocycles. The number of hydrogen-bond donors (Lipinski definition) is 1. The van der Waals surface area contributed by atoms with Gasteiger partial charge < -0.3 is 14.8 Å². The number of aryl methyl sites for hydroxylation is 1. The molecule has 1 aromatic heterocycles.